The van der Waals surface area contributed by atoms with Gasteiger partial charge in [-0.3, -0.25) is 23.2 Å². The summed E-state index contributed by atoms with van der Waals surface area (Å²) in [6, 6.07) is 12.0. The molecule has 6 rings (SSSR count). The summed E-state index contributed by atoms with van der Waals surface area (Å²) >= 11 is 0. The van der Waals surface area contributed by atoms with Gasteiger partial charge in [-0.1, -0.05) is 19.1 Å². The number of imidazole rings is 1. The number of morpholine rings is 1. The van der Waals surface area contributed by atoms with Crippen LogP contribution in [0.25, 0.3) is 22.6 Å². The molecule has 1 fully saturated rings. The number of halogens is 3. The van der Waals surface area contributed by atoms with Crippen LogP contribution in [0.1, 0.15) is 41.8 Å². The Morgan fingerprint density at radius 1 is 1.00 bits per heavy atom. The largest absolute Gasteiger partial charge is 0.440 e. The van der Waals surface area contributed by atoms with Crippen molar-refractivity contribution in [3.63, 3.8) is 0 Å². The number of aromatic nitrogens is 6. The van der Waals surface area contributed by atoms with E-state index in [2.05, 4.69) is 15.0 Å². The lowest BCUT2D eigenvalue weighted by Crippen LogP contribution is -2.40. The molecule has 1 aliphatic heterocycles. The van der Waals surface area contributed by atoms with Crippen LogP contribution in [-0.2, 0) is 42.0 Å². The Labute approximate surface area is 272 Å². The second-order valence-electron chi connectivity index (χ2n) is 11.4. The normalized spacial score (nSPS) is 13.7. The number of carbonyl (C=O) groups excluding carboxylic acids is 1. The first-order valence-electron chi connectivity index (χ1n) is 15.6. The number of esters is 1. The maximum Gasteiger partial charge on any atom is 0.416 e. The van der Waals surface area contributed by atoms with E-state index in [0.29, 0.717) is 36.3 Å². The van der Waals surface area contributed by atoms with E-state index in [1.54, 1.807) is 31.3 Å². The second kappa shape index (κ2) is 13.5. The van der Waals surface area contributed by atoms with Crippen molar-refractivity contribution in [2.45, 2.75) is 52.8 Å². The average Bonchev–Trinajstić information content (AvgIpc) is 3.71. The monoisotopic (exact) mass is 665 g/mol. The van der Waals surface area contributed by atoms with Gasteiger partial charge in [-0.15, -0.1) is 0 Å². The number of nitrogens with zero attached hydrogens (tertiary/aromatic N) is 7. The number of aryl methyl sites for hydroxylation is 1. The van der Waals surface area contributed by atoms with Gasteiger partial charge in [0.15, 0.2) is 17.9 Å². The third-order valence-electron chi connectivity index (χ3n) is 8.17. The number of rotatable bonds is 10. The lowest BCUT2D eigenvalue weighted by atomic mass is 10.1. The van der Waals surface area contributed by atoms with Crippen LogP contribution in [0.4, 0.5) is 18.9 Å². The average molecular weight is 666 g/mol. The van der Waals surface area contributed by atoms with E-state index < -0.39 is 35.7 Å². The Morgan fingerprint density at radius 2 is 1.75 bits per heavy atom. The standard InChI is InChI=1S/C33H34F3N7O5/c1-3-12-42-30(44)27-29(41(4-2)32(42)46)38-28(24-18-37-40(20-24)19-22-6-5-7-25(17-22)33(34,35)36)43(27)21-48-31(45)23-8-10-26(11-9-23)39-13-15-47-16-14-39/h5-11,17-18,20H,3-4,12-16,19,21H2,1-2H3. The van der Waals surface area contributed by atoms with E-state index in [1.807, 2.05) is 19.1 Å². The summed E-state index contributed by atoms with van der Waals surface area (Å²) in [5.41, 5.74) is 0.368. The van der Waals surface area contributed by atoms with Gasteiger partial charge in [0.25, 0.3) is 5.56 Å². The number of carbonyl (C=O) groups is 1. The van der Waals surface area contributed by atoms with Gasteiger partial charge in [-0.2, -0.15) is 18.3 Å². The molecule has 0 aliphatic carbocycles. The lowest BCUT2D eigenvalue weighted by molar-refractivity contribution is -0.137. The minimum absolute atomic E-state index is 0.0303. The maximum absolute atomic E-state index is 13.8. The summed E-state index contributed by atoms with van der Waals surface area (Å²) in [6.45, 7) is 6.37. The van der Waals surface area contributed by atoms with E-state index in [-0.39, 0.29) is 36.6 Å². The highest BCUT2D eigenvalue weighted by Gasteiger charge is 2.30. The number of hydrogen-bond donors (Lipinski definition) is 0. The minimum atomic E-state index is -4.49. The molecule has 0 bridgehead atoms. The molecule has 0 unspecified atom stereocenters. The smallest absolute Gasteiger partial charge is 0.416 e. The number of ether oxygens (including phenoxy) is 2. The second-order valence-corrected chi connectivity index (χ2v) is 11.4. The molecule has 0 amide bonds. The summed E-state index contributed by atoms with van der Waals surface area (Å²) in [6.07, 6.45) is -0.930. The molecular formula is C33H34F3N7O5. The first-order chi connectivity index (χ1) is 23.1. The molecule has 12 nitrogen and oxygen atoms in total. The van der Waals surface area contributed by atoms with Crippen molar-refractivity contribution in [3.8, 4) is 11.4 Å². The molecule has 0 saturated carbocycles. The Bertz CT molecular complexity index is 2060. The zero-order chi connectivity index (χ0) is 34.0. The van der Waals surface area contributed by atoms with Crippen molar-refractivity contribution in [2.75, 3.05) is 31.2 Å². The van der Waals surface area contributed by atoms with E-state index in [9.17, 15) is 27.6 Å². The van der Waals surface area contributed by atoms with Gasteiger partial charge in [-0.05, 0) is 55.3 Å². The summed E-state index contributed by atoms with van der Waals surface area (Å²) < 4.78 is 56.4. The van der Waals surface area contributed by atoms with Crippen molar-refractivity contribution in [3.05, 3.63) is 98.5 Å². The predicted octanol–water partition coefficient (Wildman–Crippen LogP) is 4.37. The predicted molar refractivity (Wildman–Crippen MR) is 171 cm³/mol. The highest BCUT2D eigenvalue weighted by molar-refractivity contribution is 5.90. The summed E-state index contributed by atoms with van der Waals surface area (Å²) in [4.78, 5) is 47.1. The van der Waals surface area contributed by atoms with Gasteiger partial charge in [0.2, 0.25) is 0 Å². The number of benzene rings is 2. The summed E-state index contributed by atoms with van der Waals surface area (Å²) in [7, 11) is 0. The Hall–Kier alpha value is -5.18. The molecule has 5 aromatic rings. The molecule has 3 aromatic heterocycles. The van der Waals surface area contributed by atoms with Crippen LogP contribution in [0.15, 0.2) is 70.5 Å². The van der Waals surface area contributed by atoms with Gasteiger partial charge in [0, 0.05) is 38.1 Å². The van der Waals surface area contributed by atoms with Crippen LogP contribution < -0.4 is 16.1 Å². The molecule has 0 N–H and O–H groups in total. The van der Waals surface area contributed by atoms with Crippen LogP contribution in [0.2, 0.25) is 0 Å². The molecule has 252 valence electrons. The fourth-order valence-electron chi connectivity index (χ4n) is 5.78. The van der Waals surface area contributed by atoms with E-state index in [1.165, 1.54) is 26.1 Å². The molecule has 0 atom stereocenters. The van der Waals surface area contributed by atoms with Crippen LogP contribution in [0.3, 0.4) is 0 Å². The van der Waals surface area contributed by atoms with Crippen LogP contribution in [0.5, 0.6) is 0 Å². The highest BCUT2D eigenvalue weighted by atomic mass is 19.4. The quantitative estimate of drug-likeness (QED) is 0.202. The maximum atomic E-state index is 13.8. The summed E-state index contributed by atoms with van der Waals surface area (Å²) in [5.74, 6) is -0.432. The van der Waals surface area contributed by atoms with Crippen molar-refractivity contribution >= 4 is 22.8 Å². The SMILES string of the molecule is CCCn1c(=O)c2c(nc(-c3cnn(Cc4cccc(C(F)(F)F)c4)c3)n2COC(=O)c2ccc(N3CCOCC3)cc2)n(CC)c1=O. The van der Waals surface area contributed by atoms with Gasteiger partial charge in [0.05, 0.1) is 42.6 Å². The lowest BCUT2D eigenvalue weighted by Gasteiger charge is -2.28. The first-order valence-corrected chi connectivity index (χ1v) is 15.6. The van der Waals surface area contributed by atoms with Crippen LogP contribution >= 0.6 is 0 Å². The Kier molecular flexibility index (Phi) is 9.22. The van der Waals surface area contributed by atoms with E-state index >= 15 is 0 Å². The van der Waals surface area contributed by atoms with Crippen molar-refractivity contribution in [1.29, 1.82) is 0 Å². The van der Waals surface area contributed by atoms with Crippen molar-refractivity contribution in [2.24, 2.45) is 0 Å². The highest BCUT2D eigenvalue weighted by Crippen LogP contribution is 2.30. The van der Waals surface area contributed by atoms with E-state index in [4.69, 9.17) is 9.47 Å². The van der Waals surface area contributed by atoms with Crippen LogP contribution in [0, 0.1) is 0 Å². The molecule has 1 aliphatic rings. The van der Waals surface area contributed by atoms with Gasteiger partial charge in [-0.25, -0.2) is 14.6 Å². The number of anilines is 1. The third kappa shape index (κ3) is 6.50. The Morgan fingerprint density at radius 3 is 2.44 bits per heavy atom. The molecule has 15 heteroatoms. The van der Waals surface area contributed by atoms with E-state index in [0.717, 1.165) is 35.5 Å². The molecule has 1 saturated heterocycles. The fourth-order valence-corrected chi connectivity index (χ4v) is 5.78. The molecule has 0 radical (unpaired) electrons. The molecule has 48 heavy (non-hydrogen) atoms. The van der Waals surface area contributed by atoms with Crippen molar-refractivity contribution in [1.82, 2.24) is 28.5 Å². The Balaban J connectivity index is 1.35. The summed E-state index contributed by atoms with van der Waals surface area (Å²) in [5, 5.41) is 4.32. The zero-order valence-electron chi connectivity index (χ0n) is 26.4. The molecule has 4 heterocycles. The number of alkyl halides is 3. The third-order valence-corrected chi connectivity index (χ3v) is 8.17. The van der Waals surface area contributed by atoms with Gasteiger partial charge >= 0.3 is 17.8 Å². The van der Waals surface area contributed by atoms with Gasteiger partial charge in [0.1, 0.15) is 5.82 Å². The topological polar surface area (TPSA) is 118 Å². The minimum Gasteiger partial charge on any atom is -0.440 e. The molecule has 2 aromatic carbocycles. The molecule has 0 spiro atoms. The first kappa shape index (κ1) is 32.7. The van der Waals surface area contributed by atoms with Crippen LogP contribution in [-0.4, -0.2) is 60.7 Å². The van der Waals surface area contributed by atoms with Crippen molar-refractivity contribution < 1.29 is 27.4 Å². The molecular weight excluding hydrogens is 631 g/mol. The van der Waals surface area contributed by atoms with Gasteiger partial charge < -0.3 is 14.4 Å². The number of hydrogen-bond acceptors (Lipinski definition) is 8. The number of fused-ring (bicyclic) bond motifs is 1. The fraction of sp³-hybridized carbons (Fsp3) is 0.364. The zero-order valence-corrected chi connectivity index (χ0v) is 26.4.